The van der Waals surface area contributed by atoms with E-state index < -0.39 is 0 Å². The average molecular weight is 277 g/mol. The van der Waals surface area contributed by atoms with Crippen molar-refractivity contribution >= 4 is 22.3 Å². The fraction of sp³-hybridized carbons (Fsp3) is 0.167. The van der Waals surface area contributed by atoms with E-state index in [-0.39, 0.29) is 0 Å². The normalized spacial score (nSPS) is 10.8. The molecule has 3 heteroatoms. The quantitative estimate of drug-likeness (QED) is 0.741. The van der Waals surface area contributed by atoms with Crippen molar-refractivity contribution in [1.82, 2.24) is 4.98 Å². The van der Waals surface area contributed by atoms with Gasteiger partial charge in [-0.3, -0.25) is 4.98 Å². The second kappa shape index (κ2) is 5.44. The summed E-state index contributed by atoms with van der Waals surface area (Å²) in [5, 5.41) is 1.09. The molecule has 106 valence electrons. The lowest BCUT2D eigenvalue weighted by atomic mass is 10.1. The van der Waals surface area contributed by atoms with Crippen molar-refractivity contribution in [2.24, 2.45) is 0 Å². The average Bonchev–Trinajstić information content (AvgIpc) is 2.48. The molecule has 1 aromatic heterocycles. The maximum absolute atomic E-state index is 6.02. The molecule has 0 aliphatic heterocycles. The van der Waals surface area contributed by atoms with Gasteiger partial charge in [-0.1, -0.05) is 29.8 Å². The van der Waals surface area contributed by atoms with Crippen molar-refractivity contribution in [2.75, 3.05) is 17.7 Å². The molecular formula is C18H19N3. The van der Waals surface area contributed by atoms with Crippen molar-refractivity contribution in [2.45, 2.75) is 13.5 Å². The van der Waals surface area contributed by atoms with Crippen LogP contribution in [0.2, 0.25) is 0 Å². The van der Waals surface area contributed by atoms with Gasteiger partial charge in [-0.25, -0.2) is 0 Å². The lowest BCUT2D eigenvalue weighted by Crippen LogP contribution is -2.17. The smallest absolute Gasteiger partial charge is 0.0951 e. The molecule has 3 aromatic rings. The Morgan fingerprint density at radius 1 is 1.10 bits per heavy atom. The molecule has 0 fully saturated rings. The fourth-order valence-corrected chi connectivity index (χ4v) is 2.68. The number of pyridine rings is 1. The summed E-state index contributed by atoms with van der Waals surface area (Å²) in [5.74, 6) is 0. The van der Waals surface area contributed by atoms with Crippen LogP contribution in [0.5, 0.6) is 0 Å². The molecule has 0 aliphatic rings. The predicted octanol–water partition coefficient (Wildman–Crippen LogP) is 3.76. The molecule has 3 nitrogen and oxygen atoms in total. The van der Waals surface area contributed by atoms with Crippen LogP contribution in [0.15, 0.2) is 54.7 Å². The molecule has 0 unspecified atom stereocenters. The number of rotatable bonds is 3. The number of benzene rings is 2. The zero-order valence-corrected chi connectivity index (χ0v) is 12.4. The van der Waals surface area contributed by atoms with E-state index in [1.807, 2.05) is 12.1 Å². The molecule has 0 saturated carbocycles. The Morgan fingerprint density at radius 2 is 1.95 bits per heavy atom. The summed E-state index contributed by atoms with van der Waals surface area (Å²) >= 11 is 0. The van der Waals surface area contributed by atoms with Crippen LogP contribution in [0.3, 0.4) is 0 Å². The minimum atomic E-state index is 0.721. The molecule has 21 heavy (non-hydrogen) atoms. The minimum absolute atomic E-state index is 0.721. The van der Waals surface area contributed by atoms with E-state index in [9.17, 15) is 0 Å². The summed E-state index contributed by atoms with van der Waals surface area (Å²) in [5.41, 5.74) is 11.3. The maximum atomic E-state index is 6.02. The Bertz CT molecular complexity index is 780. The second-order valence-corrected chi connectivity index (χ2v) is 5.42. The lowest BCUT2D eigenvalue weighted by molar-refractivity contribution is 0.926. The molecule has 0 radical (unpaired) electrons. The summed E-state index contributed by atoms with van der Waals surface area (Å²) in [7, 11) is 2.10. The molecule has 0 aliphatic carbocycles. The van der Waals surface area contributed by atoms with Crippen molar-refractivity contribution in [3.63, 3.8) is 0 Å². The summed E-state index contributed by atoms with van der Waals surface area (Å²) < 4.78 is 0. The fourth-order valence-electron chi connectivity index (χ4n) is 2.68. The molecule has 0 saturated heterocycles. The van der Waals surface area contributed by atoms with Crippen LogP contribution in [0, 0.1) is 6.92 Å². The Morgan fingerprint density at radius 3 is 2.76 bits per heavy atom. The summed E-state index contributed by atoms with van der Waals surface area (Å²) in [6.45, 7) is 2.97. The topological polar surface area (TPSA) is 42.1 Å². The third-order valence-electron chi connectivity index (χ3n) is 3.69. The number of hydrogen-bond acceptors (Lipinski definition) is 3. The first-order chi connectivity index (χ1) is 10.1. The first kappa shape index (κ1) is 13.4. The third kappa shape index (κ3) is 2.68. The van der Waals surface area contributed by atoms with E-state index in [2.05, 4.69) is 60.3 Å². The van der Waals surface area contributed by atoms with Crippen LogP contribution < -0.4 is 10.6 Å². The van der Waals surface area contributed by atoms with Gasteiger partial charge in [-0.05, 0) is 36.8 Å². The number of nitrogens with zero attached hydrogens (tertiary/aromatic N) is 2. The SMILES string of the molecule is Cc1cccc(CN(C)c2ccc(N)c3ncccc23)c1. The van der Waals surface area contributed by atoms with Gasteiger partial charge >= 0.3 is 0 Å². The van der Waals surface area contributed by atoms with Gasteiger partial charge in [0.2, 0.25) is 0 Å². The Labute approximate surface area is 125 Å². The van der Waals surface area contributed by atoms with Crippen molar-refractivity contribution in [3.8, 4) is 0 Å². The number of aryl methyl sites for hydroxylation is 1. The number of anilines is 2. The number of aromatic nitrogens is 1. The number of nitrogen functional groups attached to an aromatic ring is 1. The van der Waals surface area contributed by atoms with E-state index in [4.69, 9.17) is 5.73 Å². The van der Waals surface area contributed by atoms with E-state index in [0.717, 1.165) is 28.8 Å². The Balaban J connectivity index is 1.98. The van der Waals surface area contributed by atoms with Crippen LogP contribution in [0.1, 0.15) is 11.1 Å². The zero-order valence-electron chi connectivity index (χ0n) is 12.4. The van der Waals surface area contributed by atoms with E-state index in [0.29, 0.717) is 0 Å². The third-order valence-corrected chi connectivity index (χ3v) is 3.69. The van der Waals surface area contributed by atoms with E-state index >= 15 is 0 Å². The van der Waals surface area contributed by atoms with Gasteiger partial charge in [0.1, 0.15) is 0 Å². The largest absolute Gasteiger partial charge is 0.397 e. The summed E-state index contributed by atoms with van der Waals surface area (Å²) in [4.78, 5) is 6.63. The summed E-state index contributed by atoms with van der Waals surface area (Å²) in [6, 6.07) is 16.6. The maximum Gasteiger partial charge on any atom is 0.0951 e. The molecule has 0 atom stereocenters. The van der Waals surface area contributed by atoms with Gasteiger partial charge in [-0.2, -0.15) is 0 Å². The van der Waals surface area contributed by atoms with Gasteiger partial charge in [0, 0.05) is 30.9 Å². The second-order valence-electron chi connectivity index (χ2n) is 5.42. The van der Waals surface area contributed by atoms with Crippen LogP contribution in [-0.4, -0.2) is 12.0 Å². The molecule has 0 amide bonds. The highest BCUT2D eigenvalue weighted by atomic mass is 15.1. The Hall–Kier alpha value is -2.55. The van der Waals surface area contributed by atoms with Crippen LogP contribution >= 0.6 is 0 Å². The lowest BCUT2D eigenvalue weighted by Gasteiger charge is -2.22. The van der Waals surface area contributed by atoms with Crippen LogP contribution in [0.4, 0.5) is 11.4 Å². The predicted molar refractivity (Wildman–Crippen MR) is 89.4 cm³/mol. The van der Waals surface area contributed by atoms with Crippen LogP contribution in [0.25, 0.3) is 10.9 Å². The number of hydrogen-bond donors (Lipinski definition) is 1. The molecule has 0 spiro atoms. The van der Waals surface area contributed by atoms with Crippen molar-refractivity contribution < 1.29 is 0 Å². The van der Waals surface area contributed by atoms with Gasteiger partial charge in [-0.15, -0.1) is 0 Å². The van der Waals surface area contributed by atoms with Crippen molar-refractivity contribution in [3.05, 3.63) is 65.9 Å². The van der Waals surface area contributed by atoms with Gasteiger partial charge < -0.3 is 10.6 Å². The first-order valence-electron chi connectivity index (χ1n) is 7.05. The molecular weight excluding hydrogens is 258 g/mol. The van der Waals surface area contributed by atoms with E-state index in [1.165, 1.54) is 11.1 Å². The van der Waals surface area contributed by atoms with Gasteiger partial charge in [0.25, 0.3) is 0 Å². The highest BCUT2D eigenvalue weighted by Gasteiger charge is 2.09. The highest BCUT2D eigenvalue weighted by molar-refractivity contribution is 5.98. The van der Waals surface area contributed by atoms with Gasteiger partial charge in [0.15, 0.2) is 0 Å². The zero-order chi connectivity index (χ0) is 14.8. The molecule has 0 bridgehead atoms. The minimum Gasteiger partial charge on any atom is -0.397 e. The monoisotopic (exact) mass is 277 g/mol. The number of nitrogens with two attached hydrogens (primary N) is 1. The molecule has 2 N–H and O–H groups in total. The van der Waals surface area contributed by atoms with Gasteiger partial charge in [0.05, 0.1) is 11.2 Å². The molecule has 1 heterocycles. The molecule has 3 rings (SSSR count). The highest BCUT2D eigenvalue weighted by Crippen LogP contribution is 2.29. The standard InChI is InChI=1S/C18H19N3/c1-13-5-3-6-14(11-13)12-21(2)17-9-8-16(19)18-15(17)7-4-10-20-18/h3-11H,12,19H2,1-2H3. The van der Waals surface area contributed by atoms with Crippen LogP contribution in [-0.2, 0) is 6.54 Å². The van der Waals surface area contributed by atoms with E-state index in [1.54, 1.807) is 6.20 Å². The Kier molecular flexibility index (Phi) is 3.48. The van der Waals surface area contributed by atoms with Crippen molar-refractivity contribution in [1.29, 1.82) is 0 Å². The first-order valence-corrected chi connectivity index (χ1v) is 7.05. The molecule has 2 aromatic carbocycles. The number of fused-ring (bicyclic) bond motifs is 1. The summed E-state index contributed by atoms with van der Waals surface area (Å²) in [6.07, 6.45) is 1.78.